The molecular formula is C16H28ClN3O4S2. The van der Waals surface area contributed by atoms with Crippen molar-refractivity contribution in [2.75, 3.05) is 19.6 Å². The fourth-order valence-corrected chi connectivity index (χ4v) is 6.52. The van der Waals surface area contributed by atoms with Crippen molar-refractivity contribution < 1.29 is 16.8 Å². The molecule has 1 unspecified atom stereocenters. The van der Waals surface area contributed by atoms with E-state index in [-0.39, 0.29) is 28.7 Å². The Labute approximate surface area is 162 Å². The van der Waals surface area contributed by atoms with E-state index < -0.39 is 26.1 Å². The molecule has 0 spiro atoms. The molecule has 3 N–H and O–H groups in total. The smallest absolute Gasteiger partial charge is 0.244 e. The Morgan fingerprint density at radius 3 is 2.23 bits per heavy atom. The van der Waals surface area contributed by atoms with E-state index >= 15 is 0 Å². The predicted octanol–water partition coefficient (Wildman–Crippen LogP) is 1.69. The van der Waals surface area contributed by atoms with Gasteiger partial charge >= 0.3 is 0 Å². The molecule has 0 radical (unpaired) electrons. The zero-order valence-corrected chi connectivity index (χ0v) is 17.4. The maximum atomic E-state index is 12.8. The molecule has 0 amide bonds. The fourth-order valence-electron chi connectivity index (χ4n) is 2.91. The van der Waals surface area contributed by atoms with Crippen LogP contribution < -0.4 is 10.5 Å². The molecule has 1 heterocycles. The number of hydrogen-bond acceptors (Lipinski definition) is 5. The minimum absolute atomic E-state index is 0. The van der Waals surface area contributed by atoms with Gasteiger partial charge < -0.3 is 5.73 Å². The Morgan fingerprint density at radius 1 is 1.12 bits per heavy atom. The standard InChI is InChI=1S/C16H27N3O4S2.ClH/c1-2-3-8-14(13-17)18-24(20,21)15-9-4-5-10-16(15)25(22,23)19-11-6-7-12-19;/h4-5,9-10,14,18H,2-3,6-8,11-13,17H2,1H3;1H. The number of unbranched alkanes of at least 4 members (excludes halogenated alkanes) is 1. The highest BCUT2D eigenvalue weighted by molar-refractivity contribution is 7.92. The van der Waals surface area contributed by atoms with E-state index in [2.05, 4.69) is 4.72 Å². The minimum Gasteiger partial charge on any atom is -0.329 e. The summed E-state index contributed by atoms with van der Waals surface area (Å²) in [4.78, 5) is -0.382. The van der Waals surface area contributed by atoms with Crippen molar-refractivity contribution in [2.45, 2.75) is 54.9 Å². The van der Waals surface area contributed by atoms with Crippen LogP contribution in [0.25, 0.3) is 0 Å². The van der Waals surface area contributed by atoms with Crippen molar-refractivity contribution >= 4 is 32.5 Å². The van der Waals surface area contributed by atoms with Crippen LogP contribution >= 0.6 is 12.4 Å². The third kappa shape index (κ3) is 5.40. The Bertz CT molecular complexity index is 778. The Morgan fingerprint density at radius 2 is 1.69 bits per heavy atom. The summed E-state index contributed by atoms with van der Waals surface area (Å²) in [7, 11) is -7.81. The van der Waals surface area contributed by atoms with Crippen molar-refractivity contribution in [2.24, 2.45) is 5.73 Å². The van der Waals surface area contributed by atoms with Crippen LogP contribution in [0.1, 0.15) is 39.0 Å². The van der Waals surface area contributed by atoms with E-state index in [4.69, 9.17) is 5.73 Å². The van der Waals surface area contributed by atoms with Gasteiger partial charge in [0.15, 0.2) is 0 Å². The van der Waals surface area contributed by atoms with Crippen LogP contribution in [-0.2, 0) is 20.0 Å². The first kappa shape index (κ1) is 23.3. The summed E-state index contributed by atoms with van der Waals surface area (Å²) in [6.07, 6.45) is 3.97. The normalized spacial score (nSPS) is 17.0. The number of halogens is 1. The first-order valence-corrected chi connectivity index (χ1v) is 11.6. The first-order chi connectivity index (χ1) is 11.8. The second-order valence-corrected chi connectivity index (χ2v) is 9.84. The summed E-state index contributed by atoms with van der Waals surface area (Å²) in [5.74, 6) is 0. The van der Waals surface area contributed by atoms with Gasteiger partial charge in [0.2, 0.25) is 20.0 Å². The largest absolute Gasteiger partial charge is 0.329 e. The topological polar surface area (TPSA) is 110 Å². The number of nitrogens with zero attached hydrogens (tertiary/aromatic N) is 1. The molecule has 7 nitrogen and oxygen atoms in total. The lowest BCUT2D eigenvalue weighted by atomic mass is 10.1. The first-order valence-electron chi connectivity index (χ1n) is 8.64. The van der Waals surface area contributed by atoms with E-state index in [1.807, 2.05) is 6.92 Å². The zero-order chi connectivity index (χ0) is 18.5. The minimum atomic E-state index is -3.98. The quantitative estimate of drug-likeness (QED) is 0.625. The molecule has 10 heteroatoms. The van der Waals surface area contributed by atoms with Crippen LogP contribution in [0.2, 0.25) is 0 Å². The van der Waals surface area contributed by atoms with Crippen LogP contribution in [0.3, 0.4) is 0 Å². The second-order valence-electron chi connectivity index (χ2n) is 6.25. The lowest BCUT2D eigenvalue weighted by Gasteiger charge is -2.20. The molecule has 0 aromatic heterocycles. The summed E-state index contributed by atoms with van der Waals surface area (Å²) < 4.78 is 55.2. The third-order valence-corrected chi connectivity index (χ3v) is 8.00. The highest BCUT2D eigenvalue weighted by atomic mass is 35.5. The highest BCUT2D eigenvalue weighted by Crippen LogP contribution is 2.26. The third-order valence-electron chi connectivity index (χ3n) is 4.33. The van der Waals surface area contributed by atoms with Crippen molar-refractivity contribution in [3.8, 4) is 0 Å². The molecule has 2 rings (SSSR count). The summed E-state index contributed by atoms with van der Waals surface area (Å²) in [5, 5.41) is 0. The van der Waals surface area contributed by atoms with Gasteiger partial charge in [0.25, 0.3) is 0 Å². The van der Waals surface area contributed by atoms with Crippen LogP contribution in [0.5, 0.6) is 0 Å². The summed E-state index contributed by atoms with van der Waals surface area (Å²) in [6, 6.07) is 5.35. The second kappa shape index (κ2) is 10.0. The number of nitrogens with one attached hydrogen (secondary N) is 1. The summed E-state index contributed by atoms with van der Waals surface area (Å²) >= 11 is 0. The Kier molecular flexibility index (Phi) is 8.98. The number of benzene rings is 1. The molecule has 1 aromatic rings. The number of hydrogen-bond donors (Lipinski definition) is 2. The molecule has 1 atom stereocenters. The monoisotopic (exact) mass is 425 g/mol. The maximum Gasteiger partial charge on any atom is 0.244 e. The van der Waals surface area contributed by atoms with Gasteiger partial charge in [-0.25, -0.2) is 21.6 Å². The van der Waals surface area contributed by atoms with Gasteiger partial charge in [-0.15, -0.1) is 12.4 Å². The van der Waals surface area contributed by atoms with Gasteiger partial charge in [-0.3, -0.25) is 0 Å². The van der Waals surface area contributed by atoms with Gasteiger partial charge in [0.05, 0.1) is 0 Å². The lowest BCUT2D eigenvalue weighted by Crippen LogP contribution is -2.41. The summed E-state index contributed by atoms with van der Waals surface area (Å²) in [6.45, 7) is 3.03. The molecule has 0 bridgehead atoms. The molecule has 1 aliphatic rings. The number of sulfonamides is 2. The predicted molar refractivity (Wildman–Crippen MR) is 104 cm³/mol. The van der Waals surface area contributed by atoms with Gasteiger partial charge in [-0.1, -0.05) is 31.9 Å². The molecule has 26 heavy (non-hydrogen) atoms. The zero-order valence-electron chi connectivity index (χ0n) is 14.9. The van der Waals surface area contributed by atoms with Crippen LogP contribution in [0.4, 0.5) is 0 Å². The van der Waals surface area contributed by atoms with Crippen molar-refractivity contribution in [3.05, 3.63) is 24.3 Å². The molecule has 0 aliphatic carbocycles. The molecule has 1 fully saturated rings. The van der Waals surface area contributed by atoms with Crippen molar-refractivity contribution in [1.82, 2.24) is 9.03 Å². The molecule has 1 saturated heterocycles. The molecule has 150 valence electrons. The Hall–Kier alpha value is -0.710. The summed E-state index contributed by atoms with van der Waals surface area (Å²) in [5.41, 5.74) is 5.67. The average Bonchev–Trinajstić information content (AvgIpc) is 3.14. The highest BCUT2D eigenvalue weighted by Gasteiger charge is 2.33. The van der Waals surface area contributed by atoms with Crippen molar-refractivity contribution in [3.63, 3.8) is 0 Å². The Balaban J connectivity index is 0.00000338. The van der Waals surface area contributed by atoms with Crippen molar-refractivity contribution in [1.29, 1.82) is 0 Å². The van der Waals surface area contributed by atoms with Gasteiger partial charge in [-0.2, -0.15) is 4.31 Å². The lowest BCUT2D eigenvalue weighted by molar-refractivity contribution is 0.474. The van der Waals surface area contributed by atoms with Gasteiger partial charge in [-0.05, 0) is 31.4 Å². The van der Waals surface area contributed by atoms with Crippen LogP contribution in [-0.4, -0.2) is 46.8 Å². The number of rotatable bonds is 9. The van der Waals surface area contributed by atoms with E-state index in [0.717, 1.165) is 25.7 Å². The fraction of sp³-hybridized carbons (Fsp3) is 0.625. The molecular weight excluding hydrogens is 398 g/mol. The SMILES string of the molecule is CCCCC(CN)NS(=O)(=O)c1ccccc1S(=O)(=O)N1CCCC1.Cl. The average molecular weight is 426 g/mol. The molecule has 1 aromatic carbocycles. The van der Waals surface area contributed by atoms with E-state index in [0.29, 0.717) is 19.5 Å². The maximum absolute atomic E-state index is 12.8. The molecule has 1 aliphatic heterocycles. The van der Waals surface area contributed by atoms with E-state index in [9.17, 15) is 16.8 Å². The van der Waals surface area contributed by atoms with E-state index in [1.54, 1.807) is 6.07 Å². The van der Waals surface area contributed by atoms with E-state index in [1.165, 1.54) is 22.5 Å². The van der Waals surface area contributed by atoms with Crippen LogP contribution in [0.15, 0.2) is 34.1 Å². The number of nitrogens with two attached hydrogens (primary N) is 1. The van der Waals surface area contributed by atoms with Gasteiger partial charge in [0.1, 0.15) is 9.79 Å². The molecule has 0 saturated carbocycles. The van der Waals surface area contributed by atoms with Crippen LogP contribution in [0, 0.1) is 0 Å². The van der Waals surface area contributed by atoms with Gasteiger partial charge in [0, 0.05) is 25.7 Å².